The van der Waals surface area contributed by atoms with E-state index in [1.807, 2.05) is 44.2 Å². The first-order chi connectivity index (χ1) is 7.09. The molecule has 0 aromatic heterocycles. The number of benzene rings is 1. The van der Waals surface area contributed by atoms with Gasteiger partial charge in [0.15, 0.2) is 5.78 Å². The molecule has 0 amide bonds. The van der Waals surface area contributed by atoms with E-state index in [-0.39, 0.29) is 17.5 Å². The maximum Gasteiger partial charge on any atom is 0.163 e. The number of ketones is 1. The van der Waals surface area contributed by atoms with Gasteiger partial charge in [-0.1, -0.05) is 44.2 Å². The van der Waals surface area contributed by atoms with Gasteiger partial charge in [0.2, 0.25) is 0 Å². The molecule has 0 radical (unpaired) electrons. The number of carbonyl (C=O) groups excluding carboxylic acids is 1. The molecule has 1 aromatic rings. The molecule has 0 atom stereocenters. The van der Waals surface area contributed by atoms with Gasteiger partial charge in [0.25, 0.3) is 0 Å². The highest BCUT2D eigenvalue weighted by atomic mass is 16.3. The summed E-state index contributed by atoms with van der Waals surface area (Å²) in [6.45, 7) is 3.70. The minimum atomic E-state index is -0.0626. The van der Waals surface area contributed by atoms with Crippen LogP contribution in [0.1, 0.15) is 19.4 Å². The Hall–Kier alpha value is -1.57. The molecule has 2 nitrogen and oxygen atoms in total. The number of hydrogen-bond donors (Lipinski definition) is 1. The van der Waals surface area contributed by atoms with Gasteiger partial charge in [0.05, 0.1) is 5.76 Å². The molecular formula is C13H16O2. The normalized spacial score (nSPS) is 11.8. The highest BCUT2D eigenvalue weighted by Gasteiger charge is 2.05. The summed E-state index contributed by atoms with van der Waals surface area (Å²) in [5.41, 5.74) is 0.968. The van der Waals surface area contributed by atoms with Crippen LogP contribution in [0.4, 0.5) is 0 Å². The summed E-state index contributed by atoms with van der Waals surface area (Å²) in [6.07, 6.45) is 1.66. The molecular weight excluding hydrogens is 188 g/mol. The molecule has 0 saturated heterocycles. The topological polar surface area (TPSA) is 37.3 Å². The van der Waals surface area contributed by atoms with Crippen molar-refractivity contribution in [2.45, 2.75) is 20.3 Å². The molecule has 0 aliphatic rings. The summed E-state index contributed by atoms with van der Waals surface area (Å²) >= 11 is 0. The van der Waals surface area contributed by atoms with Gasteiger partial charge in [-0.25, -0.2) is 0 Å². The Balaban J connectivity index is 2.61. The Morgan fingerprint density at radius 1 is 1.33 bits per heavy atom. The van der Waals surface area contributed by atoms with Gasteiger partial charge in [-0.05, 0) is 5.56 Å². The van der Waals surface area contributed by atoms with E-state index < -0.39 is 0 Å². The summed E-state index contributed by atoms with van der Waals surface area (Å²) in [6, 6.07) is 9.51. The van der Waals surface area contributed by atoms with Crippen LogP contribution in [-0.2, 0) is 11.2 Å². The van der Waals surface area contributed by atoms with E-state index in [2.05, 4.69) is 0 Å². The largest absolute Gasteiger partial charge is 0.512 e. The average Bonchev–Trinajstić information content (AvgIpc) is 2.18. The Labute approximate surface area is 90.3 Å². The monoisotopic (exact) mass is 204 g/mol. The number of carbonyl (C=O) groups is 1. The van der Waals surface area contributed by atoms with E-state index in [1.165, 1.54) is 6.08 Å². The molecule has 0 aliphatic carbocycles. The highest BCUT2D eigenvalue weighted by Crippen LogP contribution is 2.07. The summed E-state index contributed by atoms with van der Waals surface area (Å²) < 4.78 is 0. The lowest BCUT2D eigenvalue weighted by Gasteiger charge is -2.02. The molecule has 2 heteroatoms. The van der Waals surface area contributed by atoms with Crippen molar-refractivity contribution in [2.24, 2.45) is 5.92 Å². The Morgan fingerprint density at radius 3 is 2.47 bits per heavy atom. The molecule has 1 rings (SSSR count). The zero-order valence-electron chi connectivity index (χ0n) is 9.10. The van der Waals surface area contributed by atoms with Crippen molar-refractivity contribution < 1.29 is 9.90 Å². The van der Waals surface area contributed by atoms with Crippen LogP contribution in [0.2, 0.25) is 0 Å². The van der Waals surface area contributed by atoms with E-state index in [0.29, 0.717) is 6.42 Å². The summed E-state index contributed by atoms with van der Waals surface area (Å²) in [7, 11) is 0. The molecule has 0 spiro atoms. The summed E-state index contributed by atoms with van der Waals surface area (Å²) in [5, 5.41) is 9.42. The third kappa shape index (κ3) is 3.98. The predicted octanol–water partition coefficient (Wildman–Crippen LogP) is 2.90. The summed E-state index contributed by atoms with van der Waals surface area (Å²) in [5.74, 6) is 0.0908. The van der Waals surface area contributed by atoms with E-state index in [0.717, 1.165) is 5.56 Å². The first kappa shape index (κ1) is 11.5. The number of hydrogen-bond acceptors (Lipinski definition) is 2. The average molecular weight is 204 g/mol. The lowest BCUT2D eigenvalue weighted by Crippen LogP contribution is -2.02. The first-order valence-electron chi connectivity index (χ1n) is 5.07. The van der Waals surface area contributed by atoms with Gasteiger partial charge in [-0.2, -0.15) is 0 Å². The van der Waals surface area contributed by atoms with Crippen molar-refractivity contribution >= 4 is 5.78 Å². The SMILES string of the molecule is CC(C)/C(O)=C/C(=O)Cc1ccccc1. The molecule has 0 saturated carbocycles. The van der Waals surface area contributed by atoms with Crippen LogP contribution < -0.4 is 0 Å². The van der Waals surface area contributed by atoms with Gasteiger partial charge in [-0.15, -0.1) is 0 Å². The molecule has 0 fully saturated rings. The molecule has 15 heavy (non-hydrogen) atoms. The Bertz CT molecular complexity index is 350. The Kier molecular flexibility index (Phi) is 4.10. The van der Waals surface area contributed by atoms with E-state index >= 15 is 0 Å². The maximum absolute atomic E-state index is 11.5. The maximum atomic E-state index is 11.5. The van der Waals surface area contributed by atoms with Crippen LogP contribution in [-0.4, -0.2) is 10.9 Å². The van der Waals surface area contributed by atoms with Gasteiger partial charge in [0, 0.05) is 18.4 Å². The van der Waals surface area contributed by atoms with E-state index in [4.69, 9.17) is 0 Å². The fourth-order valence-electron chi connectivity index (χ4n) is 1.18. The number of allylic oxidation sites excluding steroid dienone is 2. The van der Waals surface area contributed by atoms with Crippen LogP contribution in [0.3, 0.4) is 0 Å². The quantitative estimate of drug-likeness (QED) is 0.604. The van der Waals surface area contributed by atoms with E-state index in [1.54, 1.807) is 0 Å². The van der Waals surface area contributed by atoms with Gasteiger partial charge in [0.1, 0.15) is 0 Å². The standard InChI is InChI=1S/C13H16O2/c1-10(2)13(15)9-12(14)8-11-6-4-3-5-7-11/h3-7,9-10,15H,8H2,1-2H3/b13-9-. The zero-order valence-corrected chi connectivity index (χ0v) is 9.10. The zero-order chi connectivity index (χ0) is 11.3. The first-order valence-corrected chi connectivity index (χ1v) is 5.07. The fraction of sp³-hybridized carbons (Fsp3) is 0.308. The number of aliphatic hydroxyl groups is 1. The number of aliphatic hydroxyl groups excluding tert-OH is 1. The third-order valence-electron chi connectivity index (χ3n) is 2.12. The van der Waals surface area contributed by atoms with Crippen LogP contribution in [0.5, 0.6) is 0 Å². The lowest BCUT2D eigenvalue weighted by molar-refractivity contribution is -0.114. The molecule has 0 aliphatic heterocycles. The van der Waals surface area contributed by atoms with Crippen molar-refractivity contribution in [1.82, 2.24) is 0 Å². The van der Waals surface area contributed by atoms with Crippen molar-refractivity contribution in [3.8, 4) is 0 Å². The van der Waals surface area contributed by atoms with Gasteiger partial charge >= 0.3 is 0 Å². The smallest absolute Gasteiger partial charge is 0.163 e. The van der Waals surface area contributed by atoms with Crippen molar-refractivity contribution in [3.05, 3.63) is 47.7 Å². The second-order valence-corrected chi connectivity index (χ2v) is 3.85. The molecule has 1 aromatic carbocycles. The highest BCUT2D eigenvalue weighted by molar-refractivity contribution is 5.91. The van der Waals surface area contributed by atoms with Crippen molar-refractivity contribution in [3.63, 3.8) is 0 Å². The second-order valence-electron chi connectivity index (χ2n) is 3.85. The van der Waals surface area contributed by atoms with Gasteiger partial charge < -0.3 is 5.11 Å². The molecule has 0 heterocycles. The Morgan fingerprint density at radius 2 is 1.93 bits per heavy atom. The fourth-order valence-corrected chi connectivity index (χ4v) is 1.18. The van der Waals surface area contributed by atoms with Crippen LogP contribution in [0.15, 0.2) is 42.2 Å². The minimum Gasteiger partial charge on any atom is -0.512 e. The predicted molar refractivity (Wildman–Crippen MR) is 60.7 cm³/mol. The molecule has 1 N–H and O–H groups in total. The minimum absolute atomic E-state index is 0.00437. The van der Waals surface area contributed by atoms with E-state index in [9.17, 15) is 9.90 Å². The molecule has 80 valence electrons. The number of rotatable bonds is 4. The molecule has 0 unspecified atom stereocenters. The van der Waals surface area contributed by atoms with Crippen molar-refractivity contribution in [2.75, 3.05) is 0 Å². The van der Waals surface area contributed by atoms with Crippen LogP contribution in [0.25, 0.3) is 0 Å². The van der Waals surface area contributed by atoms with Gasteiger partial charge in [-0.3, -0.25) is 4.79 Å². The lowest BCUT2D eigenvalue weighted by atomic mass is 10.1. The van der Waals surface area contributed by atoms with Crippen LogP contribution in [0, 0.1) is 5.92 Å². The summed E-state index contributed by atoms with van der Waals surface area (Å²) in [4.78, 5) is 11.5. The second kappa shape index (κ2) is 5.35. The third-order valence-corrected chi connectivity index (χ3v) is 2.12. The van der Waals surface area contributed by atoms with Crippen LogP contribution >= 0.6 is 0 Å². The molecule has 0 bridgehead atoms. The van der Waals surface area contributed by atoms with Crippen molar-refractivity contribution in [1.29, 1.82) is 0 Å².